The molecule has 0 spiro atoms. The van der Waals surface area contributed by atoms with Gasteiger partial charge in [-0.2, -0.15) is 0 Å². The molecule has 1 aromatic carbocycles. The van der Waals surface area contributed by atoms with Crippen molar-refractivity contribution < 1.29 is 9.59 Å². The predicted molar refractivity (Wildman–Crippen MR) is 91.7 cm³/mol. The number of nitrogens with zero attached hydrogens (tertiary/aromatic N) is 1. The van der Waals surface area contributed by atoms with Crippen LogP contribution in [0.3, 0.4) is 0 Å². The molecular weight excluding hydrogens is 314 g/mol. The SMILES string of the molecule is CC(=O)NCc1ccc(C(=O)N2CCC3CCC(C2)N3)cc1.Cl. The summed E-state index contributed by atoms with van der Waals surface area (Å²) in [5.41, 5.74) is 1.73. The number of fused-ring (bicyclic) bond motifs is 2. The Morgan fingerprint density at radius 1 is 1.17 bits per heavy atom. The van der Waals surface area contributed by atoms with Crippen molar-refractivity contribution in [2.45, 2.75) is 44.8 Å². The van der Waals surface area contributed by atoms with Crippen LogP contribution < -0.4 is 10.6 Å². The Kier molecular flexibility index (Phi) is 6.02. The van der Waals surface area contributed by atoms with Gasteiger partial charge in [-0.25, -0.2) is 0 Å². The van der Waals surface area contributed by atoms with E-state index in [1.807, 2.05) is 29.2 Å². The average molecular weight is 338 g/mol. The zero-order valence-corrected chi connectivity index (χ0v) is 14.2. The van der Waals surface area contributed by atoms with Gasteiger partial charge in [0.15, 0.2) is 0 Å². The first-order valence-corrected chi connectivity index (χ1v) is 8.00. The van der Waals surface area contributed by atoms with Crippen LogP contribution in [0.5, 0.6) is 0 Å². The van der Waals surface area contributed by atoms with Crippen molar-refractivity contribution in [3.8, 4) is 0 Å². The first-order valence-electron chi connectivity index (χ1n) is 8.00. The molecule has 2 unspecified atom stereocenters. The lowest BCUT2D eigenvalue weighted by atomic mass is 10.1. The molecule has 0 aliphatic carbocycles. The zero-order valence-electron chi connectivity index (χ0n) is 13.4. The fourth-order valence-corrected chi connectivity index (χ4v) is 3.30. The molecule has 2 amide bonds. The number of nitrogens with one attached hydrogen (secondary N) is 2. The third-order valence-corrected chi connectivity index (χ3v) is 4.55. The molecule has 2 aliphatic heterocycles. The normalized spacial score (nSPS) is 22.9. The second-order valence-electron chi connectivity index (χ2n) is 6.28. The van der Waals surface area contributed by atoms with Gasteiger partial charge in [-0.1, -0.05) is 12.1 Å². The molecule has 0 radical (unpaired) electrons. The van der Waals surface area contributed by atoms with Gasteiger partial charge in [0.25, 0.3) is 5.91 Å². The molecule has 0 aromatic heterocycles. The minimum atomic E-state index is -0.0488. The largest absolute Gasteiger partial charge is 0.352 e. The summed E-state index contributed by atoms with van der Waals surface area (Å²) < 4.78 is 0. The van der Waals surface area contributed by atoms with E-state index in [9.17, 15) is 9.59 Å². The molecule has 6 heteroatoms. The number of hydrogen-bond donors (Lipinski definition) is 2. The zero-order chi connectivity index (χ0) is 15.5. The van der Waals surface area contributed by atoms with E-state index in [-0.39, 0.29) is 24.2 Å². The first-order chi connectivity index (χ1) is 10.6. The molecule has 5 nitrogen and oxygen atoms in total. The van der Waals surface area contributed by atoms with E-state index in [0.717, 1.165) is 30.6 Å². The van der Waals surface area contributed by atoms with Gasteiger partial charge in [-0.15, -0.1) is 12.4 Å². The third-order valence-electron chi connectivity index (χ3n) is 4.55. The summed E-state index contributed by atoms with van der Waals surface area (Å²) >= 11 is 0. The molecule has 126 valence electrons. The molecule has 2 heterocycles. The maximum atomic E-state index is 12.6. The molecule has 3 rings (SSSR count). The average Bonchev–Trinajstić information content (AvgIpc) is 2.84. The first kappa shape index (κ1) is 17.8. The number of amides is 2. The molecule has 2 N–H and O–H groups in total. The fourth-order valence-electron chi connectivity index (χ4n) is 3.30. The van der Waals surface area contributed by atoms with Crippen molar-refractivity contribution in [2.75, 3.05) is 13.1 Å². The summed E-state index contributed by atoms with van der Waals surface area (Å²) in [7, 11) is 0. The van der Waals surface area contributed by atoms with E-state index in [0.29, 0.717) is 18.6 Å². The Labute approximate surface area is 143 Å². The highest BCUT2D eigenvalue weighted by Gasteiger charge is 2.31. The quantitative estimate of drug-likeness (QED) is 0.882. The third kappa shape index (κ3) is 4.45. The topological polar surface area (TPSA) is 61.4 Å². The lowest BCUT2D eigenvalue weighted by Crippen LogP contribution is -2.39. The Balaban J connectivity index is 0.00000192. The maximum absolute atomic E-state index is 12.6. The molecule has 2 aliphatic rings. The van der Waals surface area contributed by atoms with Crippen molar-refractivity contribution in [2.24, 2.45) is 0 Å². The Morgan fingerprint density at radius 2 is 1.87 bits per heavy atom. The van der Waals surface area contributed by atoms with Crippen molar-refractivity contribution in [1.82, 2.24) is 15.5 Å². The Morgan fingerprint density at radius 3 is 2.57 bits per heavy atom. The van der Waals surface area contributed by atoms with Gasteiger partial charge in [0.05, 0.1) is 0 Å². The molecule has 2 bridgehead atoms. The van der Waals surface area contributed by atoms with E-state index >= 15 is 0 Å². The van der Waals surface area contributed by atoms with Gasteiger partial charge in [-0.3, -0.25) is 9.59 Å². The number of rotatable bonds is 3. The van der Waals surface area contributed by atoms with Crippen molar-refractivity contribution in [3.63, 3.8) is 0 Å². The molecule has 2 fully saturated rings. The number of halogens is 1. The molecule has 1 aromatic rings. The van der Waals surface area contributed by atoms with Crippen LogP contribution in [0, 0.1) is 0 Å². The van der Waals surface area contributed by atoms with Crippen LogP contribution in [0.25, 0.3) is 0 Å². The number of hydrogen-bond acceptors (Lipinski definition) is 3. The predicted octanol–water partition coefficient (Wildman–Crippen LogP) is 1.71. The van der Waals surface area contributed by atoms with Gasteiger partial charge in [-0.05, 0) is 37.0 Å². The summed E-state index contributed by atoms with van der Waals surface area (Å²) in [5.74, 6) is 0.0627. The summed E-state index contributed by atoms with van der Waals surface area (Å²) in [5, 5.41) is 6.35. The molecule has 2 saturated heterocycles. The molecule has 23 heavy (non-hydrogen) atoms. The van der Waals surface area contributed by atoms with Gasteiger partial charge in [0.2, 0.25) is 5.91 Å². The Bertz CT molecular complexity index is 561. The summed E-state index contributed by atoms with van der Waals surface area (Å²) in [6, 6.07) is 8.57. The fraction of sp³-hybridized carbons (Fsp3) is 0.529. The molecular formula is C17H24ClN3O2. The molecule has 0 saturated carbocycles. The lowest BCUT2D eigenvalue weighted by molar-refractivity contribution is -0.119. The van der Waals surface area contributed by atoms with E-state index in [2.05, 4.69) is 10.6 Å². The summed E-state index contributed by atoms with van der Waals surface area (Å²) in [6.45, 7) is 3.64. The monoisotopic (exact) mass is 337 g/mol. The number of carbonyl (C=O) groups excluding carboxylic acids is 2. The van der Waals surface area contributed by atoms with Crippen molar-refractivity contribution in [3.05, 3.63) is 35.4 Å². The van der Waals surface area contributed by atoms with Crippen LogP contribution in [-0.4, -0.2) is 41.9 Å². The van der Waals surface area contributed by atoms with Gasteiger partial charge >= 0.3 is 0 Å². The van der Waals surface area contributed by atoms with E-state index in [1.54, 1.807) is 0 Å². The highest BCUT2D eigenvalue weighted by Crippen LogP contribution is 2.21. The number of carbonyl (C=O) groups is 2. The van der Waals surface area contributed by atoms with E-state index in [1.165, 1.54) is 19.8 Å². The minimum Gasteiger partial charge on any atom is -0.352 e. The summed E-state index contributed by atoms with van der Waals surface area (Å²) in [6.07, 6.45) is 3.46. The number of benzene rings is 1. The summed E-state index contributed by atoms with van der Waals surface area (Å²) in [4.78, 5) is 25.5. The van der Waals surface area contributed by atoms with Crippen molar-refractivity contribution in [1.29, 1.82) is 0 Å². The van der Waals surface area contributed by atoms with E-state index < -0.39 is 0 Å². The Hall–Kier alpha value is -1.59. The van der Waals surface area contributed by atoms with Crippen LogP contribution in [0.4, 0.5) is 0 Å². The maximum Gasteiger partial charge on any atom is 0.253 e. The smallest absolute Gasteiger partial charge is 0.253 e. The highest BCUT2D eigenvalue weighted by molar-refractivity contribution is 5.94. The van der Waals surface area contributed by atoms with Gasteiger partial charge < -0.3 is 15.5 Å². The van der Waals surface area contributed by atoms with Crippen LogP contribution in [0.15, 0.2) is 24.3 Å². The van der Waals surface area contributed by atoms with Crippen LogP contribution >= 0.6 is 12.4 Å². The van der Waals surface area contributed by atoms with Crippen LogP contribution in [-0.2, 0) is 11.3 Å². The minimum absolute atomic E-state index is 0. The van der Waals surface area contributed by atoms with Gasteiger partial charge in [0, 0.05) is 44.2 Å². The van der Waals surface area contributed by atoms with E-state index in [4.69, 9.17) is 0 Å². The van der Waals surface area contributed by atoms with Crippen LogP contribution in [0.1, 0.15) is 42.1 Å². The standard InChI is InChI=1S/C17H23N3O2.ClH/c1-12(21)18-10-13-2-4-14(5-3-13)17(22)20-9-8-15-6-7-16(11-20)19-15;/h2-5,15-16,19H,6-11H2,1H3,(H,18,21);1H. The number of likely N-dealkylation sites (tertiary alicyclic amines) is 1. The van der Waals surface area contributed by atoms with Crippen molar-refractivity contribution >= 4 is 24.2 Å². The van der Waals surface area contributed by atoms with Crippen LogP contribution in [0.2, 0.25) is 0 Å². The second-order valence-corrected chi connectivity index (χ2v) is 6.28. The molecule has 2 atom stereocenters. The second kappa shape index (κ2) is 7.79. The van der Waals surface area contributed by atoms with Gasteiger partial charge in [0.1, 0.15) is 0 Å². The lowest BCUT2D eigenvalue weighted by Gasteiger charge is -2.24. The highest BCUT2D eigenvalue weighted by atomic mass is 35.5.